The van der Waals surface area contributed by atoms with Crippen molar-refractivity contribution in [2.45, 2.75) is 19.6 Å². The maximum absolute atomic E-state index is 12.1. The van der Waals surface area contributed by atoms with Crippen molar-refractivity contribution in [1.29, 1.82) is 0 Å². The van der Waals surface area contributed by atoms with Crippen molar-refractivity contribution in [2.24, 2.45) is 0 Å². The number of nitrogens with zero attached hydrogens (tertiary/aromatic N) is 2. The summed E-state index contributed by atoms with van der Waals surface area (Å²) in [5.41, 5.74) is 2.12. The molecule has 3 rings (SSSR count). The second-order valence-corrected chi connectivity index (χ2v) is 6.73. The van der Waals surface area contributed by atoms with Gasteiger partial charge in [0.1, 0.15) is 24.0 Å². The third-order valence-electron chi connectivity index (χ3n) is 4.08. The number of hydrogen-bond donors (Lipinski definition) is 1. The molecule has 0 bridgehead atoms. The lowest BCUT2D eigenvalue weighted by Gasteiger charge is -2.11. The van der Waals surface area contributed by atoms with Crippen LogP contribution in [-0.2, 0) is 20.9 Å². The van der Waals surface area contributed by atoms with Gasteiger partial charge in [-0.25, -0.2) is 9.78 Å². The van der Waals surface area contributed by atoms with Crippen molar-refractivity contribution in [3.05, 3.63) is 71.1 Å². The van der Waals surface area contributed by atoms with Crippen molar-refractivity contribution in [3.8, 4) is 5.75 Å². The number of imidazole rings is 1. The van der Waals surface area contributed by atoms with Gasteiger partial charge in [-0.15, -0.1) is 0 Å². The lowest BCUT2D eigenvalue weighted by Crippen LogP contribution is -2.38. The highest BCUT2D eigenvalue weighted by atomic mass is 35.5. The van der Waals surface area contributed by atoms with E-state index in [1.54, 1.807) is 61.2 Å². The number of halogens is 1. The normalized spacial score (nSPS) is 12.1. The van der Waals surface area contributed by atoms with Gasteiger partial charge in [0, 0.05) is 18.5 Å². The molecule has 8 heteroatoms. The minimum atomic E-state index is -0.797. The van der Waals surface area contributed by atoms with Gasteiger partial charge in [0.15, 0.2) is 0 Å². The molecular weight excluding hydrogens is 394 g/mol. The molecule has 1 N–H and O–H groups in total. The lowest BCUT2D eigenvalue weighted by atomic mass is 10.2. The van der Waals surface area contributed by atoms with Gasteiger partial charge in [0.25, 0.3) is 0 Å². The van der Waals surface area contributed by atoms with E-state index in [0.717, 1.165) is 11.3 Å². The SMILES string of the molecule is COc1ccc(/C=C/C(=O)N[C@H](C)C(=O)OCc2cn3cc(Cl)ccc3n2)cc1. The van der Waals surface area contributed by atoms with E-state index < -0.39 is 17.9 Å². The van der Waals surface area contributed by atoms with Crippen LogP contribution in [-0.4, -0.2) is 34.4 Å². The molecule has 2 aromatic heterocycles. The van der Waals surface area contributed by atoms with Gasteiger partial charge in [-0.2, -0.15) is 0 Å². The van der Waals surface area contributed by atoms with Crippen LogP contribution in [0.5, 0.6) is 5.75 Å². The number of esters is 1. The third kappa shape index (κ3) is 5.58. The predicted molar refractivity (Wildman–Crippen MR) is 110 cm³/mol. The Hall–Kier alpha value is -3.32. The van der Waals surface area contributed by atoms with E-state index in [9.17, 15) is 9.59 Å². The molecule has 1 atom stereocenters. The van der Waals surface area contributed by atoms with Gasteiger partial charge in [-0.3, -0.25) is 4.79 Å². The first-order chi connectivity index (χ1) is 13.9. The van der Waals surface area contributed by atoms with E-state index in [2.05, 4.69) is 10.3 Å². The first kappa shape index (κ1) is 20.4. The Balaban J connectivity index is 1.49. The van der Waals surface area contributed by atoms with Gasteiger partial charge in [0.2, 0.25) is 5.91 Å². The maximum Gasteiger partial charge on any atom is 0.328 e. The molecule has 0 saturated heterocycles. The predicted octanol–water partition coefficient (Wildman–Crippen LogP) is 3.26. The highest BCUT2D eigenvalue weighted by Crippen LogP contribution is 2.13. The van der Waals surface area contributed by atoms with Crippen LogP contribution in [0.3, 0.4) is 0 Å². The molecular formula is C21H20ClN3O4. The summed E-state index contributed by atoms with van der Waals surface area (Å²) in [4.78, 5) is 28.5. The first-order valence-corrected chi connectivity index (χ1v) is 9.25. The Morgan fingerprint density at radius 1 is 1.21 bits per heavy atom. The summed E-state index contributed by atoms with van der Waals surface area (Å²) in [5.74, 6) is -0.212. The third-order valence-corrected chi connectivity index (χ3v) is 4.31. The van der Waals surface area contributed by atoms with E-state index in [1.165, 1.54) is 6.08 Å². The van der Waals surface area contributed by atoms with Crippen LogP contribution in [0.25, 0.3) is 11.7 Å². The van der Waals surface area contributed by atoms with E-state index >= 15 is 0 Å². The topological polar surface area (TPSA) is 81.9 Å². The summed E-state index contributed by atoms with van der Waals surface area (Å²) in [5, 5.41) is 3.16. The highest BCUT2D eigenvalue weighted by Gasteiger charge is 2.16. The quantitative estimate of drug-likeness (QED) is 0.475. The molecule has 0 aliphatic heterocycles. The number of carbonyl (C=O) groups is 2. The van der Waals surface area contributed by atoms with Gasteiger partial charge < -0.3 is 19.2 Å². The summed E-state index contributed by atoms with van der Waals surface area (Å²) in [6, 6.07) is 9.94. The van der Waals surface area contributed by atoms with Crippen molar-refractivity contribution in [3.63, 3.8) is 0 Å². The number of hydrogen-bond acceptors (Lipinski definition) is 5. The zero-order valence-electron chi connectivity index (χ0n) is 16.0. The van der Waals surface area contributed by atoms with E-state index in [4.69, 9.17) is 21.1 Å². The summed E-state index contributed by atoms with van der Waals surface area (Å²) >= 11 is 5.94. The molecule has 29 heavy (non-hydrogen) atoms. The second-order valence-electron chi connectivity index (χ2n) is 6.29. The minimum absolute atomic E-state index is 0.0000302. The van der Waals surface area contributed by atoms with Crippen LogP contribution in [0.2, 0.25) is 5.02 Å². The fourth-order valence-corrected chi connectivity index (χ4v) is 2.73. The fourth-order valence-electron chi connectivity index (χ4n) is 2.56. The summed E-state index contributed by atoms with van der Waals surface area (Å²) in [7, 11) is 1.59. The highest BCUT2D eigenvalue weighted by molar-refractivity contribution is 6.30. The number of benzene rings is 1. The number of aromatic nitrogens is 2. The summed E-state index contributed by atoms with van der Waals surface area (Å²) < 4.78 is 12.1. The molecule has 0 spiro atoms. The molecule has 0 saturated carbocycles. The number of ether oxygens (including phenoxy) is 2. The lowest BCUT2D eigenvalue weighted by molar-refractivity contribution is -0.148. The van der Waals surface area contributed by atoms with Crippen LogP contribution in [0, 0.1) is 0 Å². The Morgan fingerprint density at radius 2 is 1.97 bits per heavy atom. The Kier molecular flexibility index (Phi) is 6.51. The molecule has 3 aromatic rings. The van der Waals surface area contributed by atoms with Crippen LogP contribution in [0.4, 0.5) is 0 Å². The van der Waals surface area contributed by atoms with E-state index in [1.807, 2.05) is 12.1 Å². The summed E-state index contributed by atoms with van der Waals surface area (Å²) in [6.07, 6.45) is 6.45. The van der Waals surface area contributed by atoms with Gasteiger partial charge >= 0.3 is 5.97 Å². The molecule has 0 unspecified atom stereocenters. The van der Waals surface area contributed by atoms with Gasteiger partial charge in [0.05, 0.1) is 17.8 Å². The number of carbonyl (C=O) groups excluding carboxylic acids is 2. The minimum Gasteiger partial charge on any atom is -0.497 e. The van der Waals surface area contributed by atoms with Crippen molar-refractivity contribution in [1.82, 2.24) is 14.7 Å². The summed E-state index contributed by atoms with van der Waals surface area (Å²) in [6.45, 7) is 1.56. The van der Waals surface area contributed by atoms with Crippen LogP contribution in [0.15, 0.2) is 54.9 Å². The Bertz CT molecular complexity index is 1040. The molecule has 0 radical (unpaired) electrons. The molecule has 150 valence electrons. The Morgan fingerprint density at radius 3 is 2.69 bits per heavy atom. The monoisotopic (exact) mass is 413 g/mol. The molecule has 1 aromatic carbocycles. The zero-order chi connectivity index (χ0) is 20.8. The smallest absolute Gasteiger partial charge is 0.328 e. The van der Waals surface area contributed by atoms with Crippen LogP contribution >= 0.6 is 11.6 Å². The molecule has 0 fully saturated rings. The number of amides is 1. The van der Waals surface area contributed by atoms with Crippen molar-refractivity contribution < 1.29 is 19.1 Å². The van der Waals surface area contributed by atoms with Gasteiger partial charge in [-0.05, 0) is 42.8 Å². The van der Waals surface area contributed by atoms with Gasteiger partial charge in [-0.1, -0.05) is 23.7 Å². The fraction of sp³-hybridized carbons (Fsp3) is 0.190. The molecule has 1 amide bonds. The van der Waals surface area contributed by atoms with Crippen molar-refractivity contribution in [2.75, 3.05) is 7.11 Å². The Labute approximate surface area is 172 Å². The maximum atomic E-state index is 12.1. The number of methoxy groups -OCH3 is 1. The molecule has 2 heterocycles. The molecule has 7 nitrogen and oxygen atoms in total. The molecule has 0 aliphatic carbocycles. The average molecular weight is 414 g/mol. The number of rotatable bonds is 7. The van der Waals surface area contributed by atoms with E-state index in [0.29, 0.717) is 16.4 Å². The standard InChI is InChI=1S/C21H20ClN3O4/c1-14(23-20(26)10-5-15-3-7-18(28-2)8-4-15)21(27)29-13-17-12-25-11-16(22)6-9-19(25)24-17/h3-12,14H,13H2,1-2H3,(H,23,26)/b10-5+/t14-/m1/s1. The molecule has 0 aliphatic rings. The van der Waals surface area contributed by atoms with E-state index in [-0.39, 0.29) is 6.61 Å². The average Bonchev–Trinajstić information content (AvgIpc) is 3.12. The second kappa shape index (κ2) is 9.25. The first-order valence-electron chi connectivity index (χ1n) is 8.87. The van der Waals surface area contributed by atoms with Crippen LogP contribution in [0.1, 0.15) is 18.2 Å². The van der Waals surface area contributed by atoms with Crippen LogP contribution < -0.4 is 10.1 Å². The zero-order valence-corrected chi connectivity index (χ0v) is 16.7. The largest absolute Gasteiger partial charge is 0.497 e. The van der Waals surface area contributed by atoms with Crippen molar-refractivity contribution >= 4 is 35.2 Å². The number of nitrogens with one attached hydrogen (secondary N) is 1. The number of fused-ring (bicyclic) bond motifs is 1. The number of pyridine rings is 1.